The molecular formula is C20H25N5. The number of fused-ring (bicyclic) bond motifs is 2. The SMILES string of the molecule is CCCN1C[C@H](Cn2cncn2)CC2c3cccc4[nH]cc(c34)C[C@H]21. The summed E-state index contributed by atoms with van der Waals surface area (Å²) in [5, 5.41) is 5.82. The van der Waals surface area contributed by atoms with Crippen LogP contribution in [-0.2, 0) is 13.0 Å². The average molecular weight is 335 g/mol. The van der Waals surface area contributed by atoms with Gasteiger partial charge in [0.2, 0.25) is 0 Å². The Morgan fingerprint density at radius 3 is 3.12 bits per heavy atom. The number of aromatic nitrogens is 4. The van der Waals surface area contributed by atoms with Gasteiger partial charge in [-0.25, -0.2) is 4.98 Å². The van der Waals surface area contributed by atoms with Gasteiger partial charge in [-0.3, -0.25) is 9.58 Å². The van der Waals surface area contributed by atoms with Crippen LogP contribution in [0.1, 0.15) is 36.8 Å². The maximum absolute atomic E-state index is 4.33. The Hall–Kier alpha value is -2.14. The van der Waals surface area contributed by atoms with Gasteiger partial charge in [-0.15, -0.1) is 0 Å². The van der Waals surface area contributed by atoms with E-state index in [1.54, 1.807) is 11.9 Å². The van der Waals surface area contributed by atoms with Crippen LogP contribution >= 0.6 is 0 Å². The van der Waals surface area contributed by atoms with Gasteiger partial charge in [0.25, 0.3) is 0 Å². The van der Waals surface area contributed by atoms with Crippen molar-refractivity contribution in [3.8, 4) is 0 Å². The van der Waals surface area contributed by atoms with Gasteiger partial charge in [0, 0.05) is 42.1 Å². The van der Waals surface area contributed by atoms with E-state index in [9.17, 15) is 0 Å². The second kappa shape index (κ2) is 5.99. The lowest BCUT2D eigenvalue weighted by molar-refractivity contribution is 0.0762. The molecule has 1 N–H and O–H groups in total. The first kappa shape index (κ1) is 15.1. The van der Waals surface area contributed by atoms with E-state index >= 15 is 0 Å². The quantitative estimate of drug-likeness (QED) is 0.796. The van der Waals surface area contributed by atoms with Crippen LogP contribution in [0.4, 0.5) is 0 Å². The number of aromatic amines is 1. The summed E-state index contributed by atoms with van der Waals surface area (Å²) in [5.74, 6) is 1.26. The van der Waals surface area contributed by atoms with Gasteiger partial charge in [0.15, 0.2) is 0 Å². The molecule has 3 heterocycles. The molecule has 1 fully saturated rings. The van der Waals surface area contributed by atoms with Gasteiger partial charge in [-0.1, -0.05) is 19.1 Å². The number of H-pyrrole nitrogens is 1. The lowest BCUT2D eigenvalue weighted by Gasteiger charge is -2.47. The van der Waals surface area contributed by atoms with Crippen LogP contribution in [0.5, 0.6) is 0 Å². The fourth-order valence-electron chi connectivity index (χ4n) is 5.17. The molecule has 3 atom stereocenters. The number of hydrogen-bond acceptors (Lipinski definition) is 3. The summed E-state index contributed by atoms with van der Waals surface area (Å²) in [4.78, 5) is 10.3. The average Bonchev–Trinajstić information content (AvgIpc) is 3.27. The summed E-state index contributed by atoms with van der Waals surface area (Å²) in [6.45, 7) is 5.62. The molecule has 5 heteroatoms. The van der Waals surface area contributed by atoms with Gasteiger partial charge in [-0.05, 0) is 48.9 Å². The summed E-state index contributed by atoms with van der Waals surface area (Å²) in [7, 11) is 0. The van der Waals surface area contributed by atoms with Crippen molar-refractivity contribution >= 4 is 10.9 Å². The van der Waals surface area contributed by atoms with E-state index in [1.807, 2.05) is 11.0 Å². The Morgan fingerprint density at radius 1 is 1.32 bits per heavy atom. The maximum Gasteiger partial charge on any atom is 0.137 e. The van der Waals surface area contributed by atoms with Crippen LogP contribution in [-0.4, -0.2) is 43.8 Å². The highest BCUT2D eigenvalue weighted by Crippen LogP contribution is 2.44. The van der Waals surface area contributed by atoms with Crippen LogP contribution in [0, 0.1) is 5.92 Å². The zero-order valence-corrected chi connectivity index (χ0v) is 14.7. The molecule has 0 bridgehead atoms. The molecule has 3 aromatic rings. The third-order valence-electron chi connectivity index (χ3n) is 6.08. The molecule has 5 rings (SSSR count). The molecule has 0 amide bonds. The van der Waals surface area contributed by atoms with Crippen molar-refractivity contribution in [1.82, 2.24) is 24.6 Å². The number of hydrogen-bond donors (Lipinski definition) is 1. The zero-order chi connectivity index (χ0) is 16.8. The topological polar surface area (TPSA) is 49.7 Å². The molecule has 0 saturated carbocycles. The summed E-state index contributed by atoms with van der Waals surface area (Å²) < 4.78 is 2.00. The summed E-state index contributed by atoms with van der Waals surface area (Å²) in [6.07, 6.45) is 9.36. The molecule has 1 aliphatic heterocycles. The smallest absolute Gasteiger partial charge is 0.137 e. The predicted octanol–water partition coefficient (Wildman–Crippen LogP) is 3.20. The van der Waals surface area contributed by atoms with Gasteiger partial charge in [-0.2, -0.15) is 5.10 Å². The van der Waals surface area contributed by atoms with Crippen molar-refractivity contribution in [2.75, 3.05) is 13.1 Å². The number of likely N-dealkylation sites (tertiary alicyclic amines) is 1. The van der Waals surface area contributed by atoms with Gasteiger partial charge in [0.05, 0.1) is 0 Å². The highest BCUT2D eigenvalue weighted by molar-refractivity contribution is 5.88. The Labute approximate surface area is 148 Å². The largest absolute Gasteiger partial charge is 0.361 e. The van der Waals surface area contributed by atoms with E-state index in [-0.39, 0.29) is 0 Å². The number of nitrogens with zero attached hydrogens (tertiary/aromatic N) is 4. The van der Waals surface area contributed by atoms with Gasteiger partial charge in [0.1, 0.15) is 12.7 Å². The van der Waals surface area contributed by atoms with Crippen LogP contribution in [0.15, 0.2) is 37.1 Å². The van der Waals surface area contributed by atoms with E-state index in [2.05, 4.69) is 51.3 Å². The molecule has 0 spiro atoms. The van der Waals surface area contributed by atoms with Crippen molar-refractivity contribution in [2.24, 2.45) is 5.92 Å². The first-order valence-corrected chi connectivity index (χ1v) is 9.48. The lowest BCUT2D eigenvalue weighted by Crippen LogP contribution is -2.50. The Kier molecular flexibility index (Phi) is 3.63. The molecule has 1 aromatic carbocycles. The van der Waals surface area contributed by atoms with E-state index in [0.29, 0.717) is 17.9 Å². The molecular weight excluding hydrogens is 310 g/mol. The second-order valence-corrected chi connectivity index (χ2v) is 7.68. The minimum Gasteiger partial charge on any atom is -0.361 e. The number of piperidine rings is 1. The van der Waals surface area contributed by atoms with E-state index < -0.39 is 0 Å². The summed E-state index contributed by atoms with van der Waals surface area (Å²) >= 11 is 0. The van der Waals surface area contributed by atoms with Crippen LogP contribution in [0.25, 0.3) is 10.9 Å². The summed E-state index contributed by atoms with van der Waals surface area (Å²) in [6, 6.07) is 7.42. The van der Waals surface area contributed by atoms with Crippen molar-refractivity contribution in [3.63, 3.8) is 0 Å². The lowest BCUT2D eigenvalue weighted by atomic mass is 9.72. The molecule has 0 radical (unpaired) electrons. The third kappa shape index (κ3) is 2.49. The minimum absolute atomic E-state index is 0.626. The maximum atomic E-state index is 4.33. The van der Waals surface area contributed by atoms with Crippen molar-refractivity contribution < 1.29 is 0 Å². The molecule has 1 unspecified atom stereocenters. The first-order valence-electron chi connectivity index (χ1n) is 9.48. The minimum atomic E-state index is 0.626. The predicted molar refractivity (Wildman–Crippen MR) is 98.5 cm³/mol. The van der Waals surface area contributed by atoms with Crippen molar-refractivity contribution in [3.05, 3.63) is 48.2 Å². The van der Waals surface area contributed by atoms with Gasteiger partial charge >= 0.3 is 0 Å². The standard InChI is InChI=1S/C20H25N5/c1-2-6-24-10-14(11-25-13-21-12-23-25)7-17-16-4-3-5-18-20(16)15(9-22-18)8-19(17)24/h3-5,9,12-14,17,19,22H,2,6-8,10-11H2,1H3/t14-,17?,19-/m1/s1. The molecule has 25 heavy (non-hydrogen) atoms. The monoisotopic (exact) mass is 335 g/mol. The van der Waals surface area contributed by atoms with Gasteiger partial charge < -0.3 is 4.98 Å². The molecule has 130 valence electrons. The molecule has 1 aliphatic carbocycles. The third-order valence-corrected chi connectivity index (χ3v) is 6.08. The highest BCUT2D eigenvalue weighted by Gasteiger charge is 2.40. The van der Waals surface area contributed by atoms with Crippen molar-refractivity contribution in [2.45, 2.75) is 44.7 Å². The Balaban J connectivity index is 1.52. The van der Waals surface area contributed by atoms with Crippen LogP contribution in [0.3, 0.4) is 0 Å². The first-order chi connectivity index (χ1) is 12.3. The fourth-order valence-corrected chi connectivity index (χ4v) is 5.17. The number of nitrogens with one attached hydrogen (secondary N) is 1. The zero-order valence-electron chi connectivity index (χ0n) is 14.7. The number of rotatable bonds is 4. The second-order valence-electron chi connectivity index (χ2n) is 7.68. The molecule has 2 aliphatic rings. The van der Waals surface area contributed by atoms with Crippen molar-refractivity contribution in [1.29, 1.82) is 0 Å². The highest BCUT2D eigenvalue weighted by atomic mass is 15.3. The van der Waals surface area contributed by atoms with E-state index in [4.69, 9.17) is 0 Å². The Morgan fingerprint density at radius 2 is 2.28 bits per heavy atom. The normalized spacial score (nSPS) is 26.0. The molecule has 1 saturated heterocycles. The molecule has 5 nitrogen and oxygen atoms in total. The van der Waals surface area contributed by atoms with Crippen LogP contribution < -0.4 is 0 Å². The van der Waals surface area contributed by atoms with Crippen LogP contribution in [0.2, 0.25) is 0 Å². The molecule has 2 aromatic heterocycles. The van der Waals surface area contributed by atoms with E-state index in [0.717, 1.165) is 6.54 Å². The number of benzene rings is 1. The fraction of sp³-hybridized carbons (Fsp3) is 0.500. The summed E-state index contributed by atoms with van der Waals surface area (Å²) in [5.41, 5.74) is 4.35. The van der Waals surface area contributed by atoms with E-state index in [1.165, 1.54) is 48.8 Å². The Bertz CT molecular complexity index is 865.